The number of carboxylic acid groups (broad SMARTS) is 1. The number of carbonyl (C=O) groups is 1. The summed E-state index contributed by atoms with van der Waals surface area (Å²) in [7, 11) is 1.59. The monoisotopic (exact) mass is 290 g/mol. The first kappa shape index (κ1) is 12.4. The molecule has 1 aromatic carbocycles. The standard InChI is InChI=1S/C10H11BrO3S/c1-14-10-7(11)3-6(5-9(12)13)4-8(10)15-2/h3-4H,5H2,1-2H3,(H,12,13). The van der Waals surface area contributed by atoms with Gasteiger partial charge in [0.2, 0.25) is 0 Å². The van der Waals surface area contributed by atoms with Gasteiger partial charge in [-0.3, -0.25) is 4.79 Å². The molecule has 0 amide bonds. The molecule has 3 nitrogen and oxygen atoms in total. The second-order valence-corrected chi connectivity index (χ2v) is 4.59. The van der Waals surface area contributed by atoms with Crippen molar-refractivity contribution < 1.29 is 14.6 Å². The van der Waals surface area contributed by atoms with Crippen molar-refractivity contribution in [3.8, 4) is 5.75 Å². The Morgan fingerprint density at radius 1 is 1.60 bits per heavy atom. The Balaban J connectivity index is 3.13. The minimum atomic E-state index is -0.834. The zero-order valence-corrected chi connectivity index (χ0v) is 10.8. The molecular weight excluding hydrogens is 280 g/mol. The lowest BCUT2D eigenvalue weighted by atomic mass is 10.1. The van der Waals surface area contributed by atoms with Crippen molar-refractivity contribution in [2.45, 2.75) is 11.3 Å². The largest absolute Gasteiger partial charge is 0.494 e. The van der Waals surface area contributed by atoms with Crippen LogP contribution in [0.4, 0.5) is 0 Å². The Labute approximate surface area is 101 Å². The smallest absolute Gasteiger partial charge is 0.307 e. The van der Waals surface area contributed by atoms with Crippen molar-refractivity contribution in [1.82, 2.24) is 0 Å². The first-order valence-corrected chi connectivity index (χ1v) is 6.22. The molecule has 0 bridgehead atoms. The zero-order chi connectivity index (χ0) is 11.4. The highest BCUT2D eigenvalue weighted by atomic mass is 79.9. The van der Waals surface area contributed by atoms with Gasteiger partial charge in [-0.05, 0) is 39.9 Å². The predicted octanol–water partition coefficient (Wildman–Crippen LogP) is 2.81. The number of benzene rings is 1. The molecule has 1 aromatic rings. The summed E-state index contributed by atoms with van der Waals surface area (Å²) < 4.78 is 6.00. The lowest BCUT2D eigenvalue weighted by molar-refractivity contribution is -0.136. The van der Waals surface area contributed by atoms with Gasteiger partial charge >= 0.3 is 5.97 Å². The Morgan fingerprint density at radius 2 is 2.27 bits per heavy atom. The van der Waals surface area contributed by atoms with Crippen molar-refractivity contribution in [3.63, 3.8) is 0 Å². The Morgan fingerprint density at radius 3 is 2.73 bits per heavy atom. The number of hydrogen-bond acceptors (Lipinski definition) is 3. The van der Waals surface area contributed by atoms with Gasteiger partial charge in [0.05, 0.1) is 22.9 Å². The van der Waals surface area contributed by atoms with Gasteiger partial charge in [-0.1, -0.05) is 0 Å². The molecule has 0 saturated heterocycles. The SMILES string of the molecule is COc1c(Br)cc(CC(=O)O)cc1SC. The fourth-order valence-electron chi connectivity index (χ4n) is 1.25. The van der Waals surface area contributed by atoms with E-state index >= 15 is 0 Å². The van der Waals surface area contributed by atoms with E-state index in [4.69, 9.17) is 9.84 Å². The molecular formula is C10H11BrO3S. The Bertz CT molecular complexity index is 379. The van der Waals surface area contributed by atoms with Gasteiger partial charge in [0, 0.05) is 0 Å². The summed E-state index contributed by atoms with van der Waals surface area (Å²) in [4.78, 5) is 11.5. The van der Waals surface area contributed by atoms with E-state index in [1.54, 1.807) is 13.2 Å². The van der Waals surface area contributed by atoms with Gasteiger partial charge in [-0.15, -0.1) is 11.8 Å². The number of aliphatic carboxylic acids is 1. The number of ether oxygens (including phenoxy) is 1. The van der Waals surface area contributed by atoms with Crippen LogP contribution >= 0.6 is 27.7 Å². The molecule has 0 aliphatic heterocycles. The third kappa shape index (κ3) is 3.14. The van der Waals surface area contributed by atoms with Crippen molar-refractivity contribution in [2.24, 2.45) is 0 Å². The van der Waals surface area contributed by atoms with E-state index in [0.29, 0.717) is 0 Å². The number of rotatable bonds is 4. The van der Waals surface area contributed by atoms with E-state index in [9.17, 15) is 4.79 Å². The van der Waals surface area contributed by atoms with Crippen molar-refractivity contribution in [2.75, 3.05) is 13.4 Å². The average molecular weight is 291 g/mol. The van der Waals surface area contributed by atoms with Crippen LogP contribution in [0.1, 0.15) is 5.56 Å². The van der Waals surface area contributed by atoms with Gasteiger partial charge in [0.1, 0.15) is 5.75 Å². The molecule has 15 heavy (non-hydrogen) atoms. The molecule has 0 saturated carbocycles. The van der Waals surface area contributed by atoms with Crippen LogP contribution < -0.4 is 4.74 Å². The maximum atomic E-state index is 10.6. The minimum absolute atomic E-state index is 0.0240. The fraction of sp³-hybridized carbons (Fsp3) is 0.300. The summed E-state index contributed by atoms with van der Waals surface area (Å²) in [6.45, 7) is 0. The maximum absolute atomic E-state index is 10.6. The molecule has 0 fully saturated rings. The number of methoxy groups -OCH3 is 1. The second kappa shape index (κ2) is 5.42. The molecule has 5 heteroatoms. The van der Waals surface area contributed by atoms with Crippen LogP contribution in [0.3, 0.4) is 0 Å². The molecule has 0 aliphatic rings. The number of thioether (sulfide) groups is 1. The molecule has 82 valence electrons. The first-order valence-electron chi connectivity index (χ1n) is 4.20. The Hall–Kier alpha value is -0.680. The first-order chi connectivity index (χ1) is 7.08. The molecule has 0 radical (unpaired) electrons. The van der Waals surface area contributed by atoms with Crippen LogP contribution in [0.2, 0.25) is 0 Å². The maximum Gasteiger partial charge on any atom is 0.307 e. The molecule has 0 unspecified atom stereocenters. The van der Waals surface area contributed by atoms with Crippen LogP contribution in [-0.2, 0) is 11.2 Å². The van der Waals surface area contributed by atoms with Crippen LogP contribution in [-0.4, -0.2) is 24.4 Å². The highest BCUT2D eigenvalue weighted by molar-refractivity contribution is 9.10. The molecule has 0 aliphatic carbocycles. The molecule has 1 N–H and O–H groups in total. The van der Waals surface area contributed by atoms with E-state index in [-0.39, 0.29) is 6.42 Å². The van der Waals surface area contributed by atoms with E-state index in [1.165, 1.54) is 11.8 Å². The summed E-state index contributed by atoms with van der Waals surface area (Å²) in [6.07, 6.45) is 1.95. The van der Waals surface area contributed by atoms with E-state index in [2.05, 4.69) is 15.9 Å². The highest BCUT2D eigenvalue weighted by Crippen LogP contribution is 2.36. The highest BCUT2D eigenvalue weighted by Gasteiger charge is 2.10. The number of halogens is 1. The minimum Gasteiger partial charge on any atom is -0.494 e. The third-order valence-corrected chi connectivity index (χ3v) is 3.18. The quantitative estimate of drug-likeness (QED) is 0.867. The third-order valence-electron chi connectivity index (χ3n) is 1.85. The van der Waals surface area contributed by atoms with Crippen LogP contribution in [0.15, 0.2) is 21.5 Å². The topological polar surface area (TPSA) is 46.5 Å². The summed E-state index contributed by atoms with van der Waals surface area (Å²) >= 11 is 4.89. The summed E-state index contributed by atoms with van der Waals surface area (Å²) in [5, 5.41) is 8.69. The summed E-state index contributed by atoms with van der Waals surface area (Å²) in [5.41, 5.74) is 0.763. The van der Waals surface area contributed by atoms with Gasteiger partial charge < -0.3 is 9.84 Å². The summed E-state index contributed by atoms with van der Waals surface area (Å²) in [6, 6.07) is 3.61. The van der Waals surface area contributed by atoms with Crippen molar-refractivity contribution >= 4 is 33.7 Å². The Kier molecular flexibility index (Phi) is 4.47. The average Bonchev–Trinajstić information content (AvgIpc) is 2.15. The zero-order valence-electron chi connectivity index (χ0n) is 8.41. The van der Waals surface area contributed by atoms with Gasteiger partial charge in [0.15, 0.2) is 0 Å². The van der Waals surface area contributed by atoms with Crippen LogP contribution in [0.5, 0.6) is 5.75 Å². The van der Waals surface area contributed by atoms with E-state index < -0.39 is 5.97 Å². The molecule has 0 atom stereocenters. The lowest BCUT2D eigenvalue weighted by Crippen LogP contribution is -2.01. The number of carboxylic acids is 1. The van der Waals surface area contributed by atoms with Crippen LogP contribution in [0.25, 0.3) is 0 Å². The fourth-order valence-corrected chi connectivity index (χ4v) is 2.70. The van der Waals surface area contributed by atoms with Gasteiger partial charge in [-0.25, -0.2) is 0 Å². The van der Waals surface area contributed by atoms with E-state index in [1.807, 2.05) is 12.3 Å². The molecule has 0 spiro atoms. The normalized spacial score (nSPS) is 10.1. The number of hydrogen-bond donors (Lipinski definition) is 1. The lowest BCUT2D eigenvalue weighted by Gasteiger charge is -2.10. The molecule has 0 heterocycles. The van der Waals surface area contributed by atoms with Gasteiger partial charge in [-0.2, -0.15) is 0 Å². The second-order valence-electron chi connectivity index (χ2n) is 2.88. The van der Waals surface area contributed by atoms with Crippen molar-refractivity contribution in [1.29, 1.82) is 0 Å². The van der Waals surface area contributed by atoms with Crippen molar-refractivity contribution in [3.05, 3.63) is 22.2 Å². The molecule has 0 aromatic heterocycles. The van der Waals surface area contributed by atoms with Crippen LogP contribution in [0, 0.1) is 0 Å². The summed E-state index contributed by atoms with van der Waals surface area (Å²) in [5.74, 6) is -0.0873. The predicted molar refractivity (Wildman–Crippen MR) is 63.8 cm³/mol. The van der Waals surface area contributed by atoms with Gasteiger partial charge in [0.25, 0.3) is 0 Å². The van der Waals surface area contributed by atoms with E-state index in [0.717, 1.165) is 20.7 Å². The molecule has 1 rings (SSSR count).